The lowest BCUT2D eigenvalue weighted by atomic mass is 9.70. The van der Waals surface area contributed by atoms with E-state index < -0.39 is 34.5 Å². The molecule has 0 amide bonds. The van der Waals surface area contributed by atoms with Gasteiger partial charge in [-0.2, -0.15) is 4.98 Å². The number of nitrogens with one attached hydrogen (secondary N) is 2. The Morgan fingerprint density at radius 1 is 1.13 bits per heavy atom. The molecule has 3 heterocycles. The highest BCUT2D eigenvalue weighted by molar-refractivity contribution is 5.77. The lowest BCUT2D eigenvalue weighted by Gasteiger charge is -2.37. The normalized spacial score (nSPS) is 22.5. The fourth-order valence-electron chi connectivity index (χ4n) is 5.66. The van der Waals surface area contributed by atoms with Crippen LogP contribution in [0.3, 0.4) is 0 Å². The van der Waals surface area contributed by atoms with Crippen LogP contribution in [0.4, 0.5) is 30.8 Å². The standard InChI is InChI=1S/C26H31F3N6O3/c1-2-7-26(23(36)37)8-3-17(4-9-26)35-22-20(14-30-24(34-22)31-16-5-10-38-11-6-16)32-25(35)33-21-18(28)12-15(27)13-19(21)29/h12-14,16-17H,2-11H2,1H3,(H,32,33)(H,36,37)(H,30,31,34). The summed E-state index contributed by atoms with van der Waals surface area (Å²) in [6.45, 7) is 3.26. The molecule has 1 aliphatic carbocycles. The number of imidazole rings is 1. The Hall–Kier alpha value is -3.41. The Kier molecular flexibility index (Phi) is 7.42. The smallest absolute Gasteiger partial charge is 0.309 e. The van der Waals surface area contributed by atoms with Crippen LogP contribution in [0.1, 0.15) is 64.3 Å². The maximum Gasteiger partial charge on any atom is 0.309 e. The van der Waals surface area contributed by atoms with Gasteiger partial charge in [0.25, 0.3) is 0 Å². The van der Waals surface area contributed by atoms with Gasteiger partial charge < -0.3 is 20.5 Å². The van der Waals surface area contributed by atoms with Gasteiger partial charge in [0.05, 0.1) is 11.6 Å². The number of rotatable bonds is 8. The molecule has 2 aliphatic rings. The van der Waals surface area contributed by atoms with Gasteiger partial charge in [0.1, 0.15) is 17.0 Å². The van der Waals surface area contributed by atoms with Gasteiger partial charge in [0.2, 0.25) is 11.9 Å². The highest BCUT2D eigenvalue weighted by Gasteiger charge is 2.42. The van der Waals surface area contributed by atoms with E-state index in [0.717, 1.165) is 19.3 Å². The van der Waals surface area contributed by atoms with Gasteiger partial charge in [0, 0.05) is 37.4 Å². The van der Waals surface area contributed by atoms with E-state index in [0.29, 0.717) is 74.6 Å². The number of carbonyl (C=O) groups is 1. The van der Waals surface area contributed by atoms with Crippen LogP contribution in [-0.2, 0) is 9.53 Å². The van der Waals surface area contributed by atoms with Crippen molar-refractivity contribution in [2.45, 2.75) is 70.4 Å². The number of ether oxygens (including phenoxy) is 1. The predicted molar refractivity (Wildman–Crippen MR) is 135 cm³/mol. The van der Waals surface area contributed by atoms with Crippen LogP contribution in [0, 0.1) is 22.9 Å². The van der Waals surface area contributed by atoms with Gasteiger partial charge >= 0.3 is 5.97 Å². The summed E-state index contributed by atoms with van der Waals surface area (Å²) in [5.74, 6) is -3.48. The molecular formula is C26H31F3N6O3. The molecule has 5 rings (SSSR count). The van der Waals surface area contributed by atoms with Crippen LogP contribution in [-0.4, -0.2) is 49.9 Å². The Bertz CT molecular complexity index is 1300. The van der Waals surface area contributed by atoms with Crippen molar-refractivity contribution in [3.05, 3.63) is 35.8 Å². The second-order valence-corrected chi connectivity index (χ2v) is 10.2. The molecule has 0 bridgehead atoms. The molecule has 2 aromatic heterocycles. The number of carboxylic acid groups (broad SMARTS) is 1. The minimum Gasteiger partial charge on any atom is -0.481 e. The molecule has 12 heteroatoms. The van der Waals surface area contributed by atoms with Crippen molar-refractivity contribution in [1.82, 2.24) is 19.5 Å². The molecule has 0 atom stereocenters. The van der Waals surface area contributed by atoms with Gasteiger partial charge in [-0.15, -0.1) is 0 Å². The lowest BCUT2D eigenvalue weighted by molar-refractivity contribution is -0.152. The molecule has 9 nitrogen and oxygen atoms in total. The topological polar surface area (TPSA) is 114 Å². The Balaban J connectivity index is 1.52. The summed E-state index contributed by atoms with van der Waals surface area (Å²) in [5.41, 5.74) is -0.451. The maximum absolute atomic E-state index is 14.5. The summed E-state index contributed by atoms with van der Waals surface area (Å²) in [5, 5.41) is 16.0. The van der Waals surface area contributed by atoms with E-state index in [1.807, 2.05) is 6.92 Å². The predicted octanol–water partition coefficient (Wildman–Crippen LogP) is 5.56. The van der Waals surface area contributed by atoms with Gasteiger partial charge in [-0.25, -0.2) is 23.1 Å². The third kappa shape index (κ3) is 5.13. The summed E-state index contributed by atoms with van der Waals surface area (Å²) in [6.07, 6.45) is 6.47. The third-order valence-electron chi connectivity index (χ3n) is 7.69. The minimum absolute atomic E-state index is 0.130. The molecule has 38 heavy (non-hydrogen) atoms. The molecular weight excluding hydrogens is 501 g/mol. The van der Waals surface area contributed by atoms with Crippen molar-refractivity contribution in [3.8, 4) is 0 Å². The summed E-state index contributed by atoms with van der Waals surface area (Å²) >= 11 is 0. The van der Waals surface area contributed by atoms with Crippen molar-refractivity contribution in [2.24, 2.45) is 5.41 Å². The number of nitrogens with zero attached hydrogens (tertiary/aromatic N) is 4. The summed E-state index contributed by atoms with van der Waals surface area (Å²) in [7, 11) is 0. The molecule has 1 saturated heterocycles. The average molecular weight is 533 g/mol. The van der Waals surface area contributed by atoms with E-state index >= 15 is 0 Å². The fourth-order valence-corrected chi connectivity index (χ4v) is 5.66. The number of hydrogen-bond donors (Lipinski definition) is 3. The number of aliphatic carboxylic acids is 1. The molecule has 204 valence electrons. The molecule has 0 radical (unpaired) electrons. The number of aromatic nitrogens is 4. The highest BCUT2D eigenvalue weighted by atomic mass is 19.1. The molecule has 3 N–H and O–H groups in total. The van der Waals surface area contributed by atoms with Crippen molar-refractivity contribution < 1.29 is 27.8 Å². The molecule has 1 aliphatic heterocycles. The molecule has 3 aromatic rings. The first-order valence-electron chi connectivity index (χ1n) is 13.0. The van der Waals surface area contributed by atoms with Gasteiger partial charge in [-0.3, -0.25) is 9.36 Å². The van der Waals surface area contributed by atoms with Crippen LogP contribution in [0.5, 0.6) is 0 Å². The van der Waals surface area contributed by atoms with Crippen molar-refractivity contribution >= 4 is 34.7 Å². The van der Waals surface area contributed by atoms with Crippen LogP contribution >= 0.6 is 0 Å². The quantitative estimate of drug-likeness (QED) is 0.345. The average Bonchev–Trinajstić information content (AvgIpc) is 3.24. The first-order valence-corrected chi connectivity index (χ1v) is 13.0. The van der Waals surface area contributed by atoms with Gasteiger partial charge in [-0.1, -0.05) is 13.3 Å². The largest absolute Gasteiger partial charge is 0.481 e. The van der Waals surface area contributed by atoms with Crippen molar-refractivity contribution in [3.63, 3.8) is 0 Å². The summed E-state index contributed by atoms with van der Waals surface area (Å²) in [4.78, 5) is 25.7. The fraction of sp³-hybridized carbons (Fsp3) is 0.538. The summed E-state index contributed by atoms with van der Waals surface area (Å²) < 4.78 is 49.8. The SMILES string of the molecule is CCCC1(C(=O)O)CCC(n2c(Nc3c(F)cc(F)cc3F)nc3cnc(NC4CCOCC4)nc32)CC1. The van der Waals surface area contributed by atoms with Crippen LogP contribution in [0.2, 0.25) is 0 Å². The van der Waals surface area contributed by atoms with Crippen molar-refractivity contribution in [2.75, 3.05) is 23.8 Å². The van der Waals surface area contributed by atoms with E-state index in [4.69, 9.17) is 9.72 Å². The zero-order valence-electron chi connectivity index (χ0n) is 21.1. The van der Waals surface area contributed by atoms with Crippen molar-refractivity contribution in [1.29, 1.82) is 0 Å². The zero-order valence-corrected chi connectivity index (χ0v) is 21.1. The van der Waals surface area contributed by atoms with Gasteiger partial charge in [0.15, 0.2) is 17.3 Å². The Labute approximate surface area is 217 Å². The van der Waals surface area contributed by atoms with Crippen LogP contribution in [0.15, 0.2) is 18.3 Å². The zero-order chi connectivity index (χ0) is 26.9. The number of benzene rings is 1. The number of halogens is 3. The van der Waals surface area contributed by atoms with E-state index in [1.54, 1.807) is 10.8 Å². The molecule has 0 unspecified atom stereocenters. The van der Waals surface area contributed by atoms with Gasteiger partial charge in [-0.05, 0) is 44.9 Å². The summed E-state index contributed by atoms with van der Waals surface area (Å²) in [6, 6.07) is 1.13. The Morgan fingerprint density at radius 3 is 2.45 bits per heavy atom. The van der Waals surface area contributed by atoms with E-state index in [2.05, 4.69) is 20.6 Å². The number of hydrogen-bond acceptors (Lipinski definition) is 7. The lowest BCUT2D eigenvalue weighted by Crippen LogP contribution is -2.36. The number of anilines is 3. The molecule has 1 saturated carbocycles. The first kappa shape index (κ1) is 26.2. The van der Waals surface area contributed by atoms with Crippen LogP contribution < -0.4 is 10.6 Å². The van der Waals surface area contributed by atoms with Crippen LogP contribution in [0.25, 0.3) is 11.2 Å². The third-order valence-corrected chi connectivity index (χ3v) is 7.69. The monoisotopic (exact) mass is 532 g/mol. The maximum atomic E-state index is 14.5. The Morgan fingerprint density at radius 2 is 1.82 bits per heavy atom. The molecule has 2 fully saturated rings. The molecule has 1 aromatic carbocycles. The number of fused-ring (bicyclic) bond motifs is 1. The number of carboxylic acids is 1. The highest BCUT2D eigenvalue weighted by Crippen LogP contribution is 2.46. The molecule has 0 spiro atoms. The minimum atomic E-state index is -1.09. The first-order chi connectivity index (χ1) is 18.3. The van der Waals surface area contributed by atoms with E-state index in [1.165, 1.54) is 0 Å². The second-order valence-electron chi connectivity index (χ2n) is 10.2. The second kappa shape index (κ2) is 10.8. The van der Waals surface area contributed by atoms with E-state index in [9.17, 15) is 23.1 Å². The van der Waals surface area contributed by atoms with E-state index in [-0.39, 0.29) is 18.0 Å².